The topological polar surface area (TPSA) is 73.6 Å². The van der Waals surface area contributed by atoms with Crippen LogP contribution in [0.5, 0.6) is 11.5 Å². The highest BCUT2D eigenvalue weighted by atomic mass is 16.5. The van der Waals surface area contributed by atoms with Gasteiger partial charge in [-0.1, -0.05) is 24.3 Å². The van der Waals surface area contributed by atoms with Gasteiger partial charge >= 0.3 is 0 Å². The summed E-state index contributed by atoms with van der Waals surface area (Å²) in [6.07, 6.45) is 0.229. The molecule has 0 saturated carbocycles. The number of rotatable bonds is 6. The Labute approximate surface area is 123 Å². The number of benzene rings is 2. The molecule has 2 rings (SSSR count). The quantitative estimate of drug-likeness (QED) is 0.801. The van der Waals surface area contributed by atoms with Crippen molar-refractivity contribution >= 4 is 17.3 Å². The van der Waals surface area contributed by atoms with Gasteiger partial charge in [0, 0.05) is 0 Å². The van der Waals surface area contributed by atoms with Crippen LogP contribution in [0.1, 0.15) is 6.42 Å². The van der Waals surface area contributed by atoms with Crippen molar-refractivity contribution in [2.45, 2.75) is 6.42 Å². The Bertz CT molecular complexity index is 614. The minimum absolute atomic E-state index is 0.144. The van der Waals surface area contributed by atoms with Gasteiger partial charge in [-0.25, -0.2) is 0 Å². The Balaban J connectivity index is 1.84. The highest BCUT2D eigenvalue weighted by Crippen LogP contribution is 2.23. The van der Waals surface area contributed by atoms with Crippen LogP contribution in [0.2, 0.25) is 0 Å². The lowest BCUT2D eigenvalue weighted by Gasteiger charge is -2.11. The SMILES string of the molecule is COc1ccccc1NC(=O)CCOc1ccccc1N. The number of amides is 1. The summed E-state index contributed by atoms with van der Waals surface area (Å²) in [6.45, 7) is 0.259. The lowest BCUT2D eigenvalue weighted by Crippen LogP contribution is -2.15. The highest BCUT2D eigenvalue weighted by molar-refractivity contribution is 5.92. The van der Waals surface area contributed by atoms with Crippen molar-refractivity contribution in [1.29, 1.82) is 0 Å². The van der Waals surface area contributed by atoms with Crippen LogP contribution in [0.15, 0.2) is 48.5 Å². The Morgan fingerprint density at radius 3 is 2.48 bits per heavy atom. The zero-order valence-electron chi connectivity index (χ0n) is 11.8. The van der Waals surface area contributed by atoms with Crippen molar-refractivity contribution in [2.24, 2.45) is 0 Å². The fourth-order valence-electron chi connectivity index (χ4n) is 1.83. The first-order chi connectivity index (χ1) is 10.2. The fraction of sp³-hybridized carbons (Fsp3) is 0.188. The van der Waals surface area contributed by atoms with Gasteiger partial charge in [-0.05, 0) is 24.3 Å². The van der Waals surface area contributed by atoms with Crippen molar-refractivity contribution in [3.8, 4) is 11.5 Å². The zero-order valence-corrected chi connectivity index (χ0v) is 11.8. The van der Waals surface area contributed by atoms with Gasteiger partial charge in [0.1, 0.15) is 11.5 Å². The van der Waals surface area contributed by atoms with Crippen LogP contribution in [0.4, 0.5) is 11.4 Å². The maximum Gasteiger partial charge on any atom is 0.227 e. The molecule has 0 atom stereocenters. The molecule has 0 radical (unpaired) electrons. The van der Waals surface area contributed by atoms with Crippen LogP contribution in [0.25, 0.3) is 0 Å². The lowest BCUT2D eigenvalue weighted by molar-refractivity contribution is -0.116. The monoisotopic (exact) mass is 286 g/mol. The number of nitrogens with two attached hydrogens (primary N) is 1. The maximum atomic E-state index is 11.9. The molecule has 0 heterocycles. The minimum Gasteiger partial charge on any atom is -0.495 e. The molecule has 5 heteroatoms. The van der Waals surface area contributed by atoms with E-state index in [1.165, 1.54) is 0 Å². The highest BCUT2D eigenvalue weighted by Gasteiger charge is 2.07. The molecule has 0 aliphatic carbocycles. The molecule has 0 unspecified atom stereocenters. The molecule has 0 aliphatic rings. The van der Waals surface area contributed by atoms with Crippen LogP contribution < -0.4 is 20.5 Å². The second-order valence-corrected chi connectivity index (χ2v) is 4.38. The summed E-state index contributed by atoms with van der Waals surface area (Å²) in [6, 6.07) is 14.4. The molecule has 3 N–H and O–H groups in total. The van der Waals surface area contributed by atoms with E-state index in [1.54, 1.807) is 31.4 Å². The predicted molar refractivity (Wildman–Crippen MR) is 82.6 cm³/mol. The Morgan fingerprint density at radius 1 is 1.10 bits per heavy atom. The van der Waals surface area contributed by atoms with Crippen molar-refractivity contribution in [2.75, 3.05) is 24.8 Å². The largest absolute Gasteiger partial charge is 0.495 e. The molecule has 0 aliphatic heterocycles. The minimum atomic E-state index is -0.144. The second kappa shape index (κ2) is 7.19. The molecular formula is C16H18N2O3. The average Bonchev–Trinajstić information content (AvgIpc) is 2.50. The smallest absolute Gasteiger partial charge is 0.227 e. The molecule has 110 valence electrons. The summed E-state index contributed by atoms with van der Waals surface area (Å²) in [5, 5.41) is 2.79. The van der Waals surface area contributed by atoms with E-state index in [4.69, 9.17) is 15.2 Å². The number of nitrogens with one attached hydrogen (secondary N) is 1. The molecule has 0 fully saturated rings. The average molecular weight is 286 g/mol. The molecule has 21 heavy (non-hydrogen) atoms. The van der Waals surface area contributed by atoms with Gasteiger partial charge in [0.25, 0.3) is 0 Å². The molecule has 0 saturated heterocycles. The number of hydrogen-bond donors (Lipinski definition) is 2. The number of carbonyl (C=O) groups is 1. The predicted octanol–water partition coefficient (Wildman–Crippen LogP) is 2.69. The second-order valence-electron chi connectivity index (χ2n) is 4.38. The van der Waals surface area contributed by atoms with Crippen molar-refractivity contribution in [3.05, 3.63) is 48.5 Å². The summed E-state index contributed by atoms with van der Waals surface area (Å²) in [4.78, 5) is 11.9. The Kier molecular flexibility index (Phi) is 5.04. The number of nitrogen functional groups attached to an aromatic ring is 1. The van der Waals surface area contributed by atoms with Crippen molar-refractivity contribution in [1.82, 2.24) is 0 Å². The first-order valence-corrected chi connectivity index (χ1v) is 6.61. The first kappa shape index (κ1) is 14.7. The number of ether oxygens (including phenoxy) is 2. The number of carbonyl (C=O) groups excluding carboxylic acids is 1. The summed E-state index contributed by atoms with van der Waals surface area (Å²) in [5.41, 5.74) is 6.96. The molecule has 2 aromatic rings. The zero-order chi connectivity index (χ0) is 15.1. The first-order valence-electron chi connectivity index (χ1n) is 6.61. The van der Waals surface area contributed by atoms with E-state index in [0.717, 1.165) is 0 Å². The third-order valence-corrected chi connectivity index (χ3v) is 2.89. The molecular weight excluding hydrogens is 268 g/mol. The standard InChI is InChI=1S/C16H18N2O3/c1-20-15-9-5-3-7-13(15)18-16(19)10-11-21-14-8-4-2-6-12(14)17/h2-9H,10-11,17H2,1H3,(H,18,19). The lowest BCUT2D eigenvalue weighted by atomic mass is 10.3. The van der Waals surface area contributed by atoms with Crippen molar-refractivity contribution in [3.63, 3.8) is 0 Å². The van der Waals surface area contributed by atoms with E-state index in [2.05, 4.69) is 5.32 Å². The third-order valence-electron chi connectivity index (χ3n) is 2.89. The Hall–Kier alpha value is -2.69. The van der Waals surface area contributed by atoms with Gasteiger partial charge in [0.15, 0.2) is 0 Å². The van der Waals surface area contributed by atoms with E-state index in [9.17, 15) is 4.79 Å². The van der Waals surface area contributed by atoms with Crippen LogP contribution in [0.3, 0.4) is 0 Å². The van der Waals surface area contributed by atoms with Gasteiger partial charge in [-0.3, -0.25) is 4.79 Å². The van der Waals surface area contributed by atoms with E-state index < -0.39 is 0 Å². The van der Waals surface area contributed by atoms with Gasteiger partial charge in [0.05, 0.1) is 31.5 Å². The van der Waals surface area contributed by atoms with Crippen LogP contribution >= 0.6 is 0 Å². The molecule has 0 aromatic heterocycles. The molecule has 0 spiro atoms. The van der Waals surface area contributed by atoms with E-state index in [0.29, 0.717) is 22.9 Å². The van der Waals surface area contributed by atoms with E-state index in [-0.39, 0.29) is 18.9 Å². The number of methoxy groups -OCH3 is 1. The van der Waals surface area contributed by atoms with Crippen LogP contribution in [-0.2, 0) is 4.79 Å². The summed E-state index contributed by atoms with van der Waals surface area (Å²) >= 11 is 0. The van der Waals surface area contributed by atoms with Gasteiger partial charge in [0.2, 0.25) is 5.91 Å². The van der Waals surface area contributed by atoms with Crippen LogP contribution in [-0.4, -0.2) is 19.6 Å². The van der Waals surface area contributed by atoms with Crippen LogP contribution in [0, 0.1) is 0 Å². The van der Waals surface area contributed by atoms with Gasteiger partial charge in [-0.15, -0.1) is 0 Å². The number of para-hydroxylation sites is 4. The maximum absolute atomic E-state index is 11.9. The number of anilines is 2. The fourth-order valence-corrected chi connectivity index (χ4v) is 1.83. The molecule has 1 amide bonds. The number of hydrogen-bond acceptors (Lipinski definition) is 4. The molecule has 0 bridgehead atoms. The Morgan fingerprint density at radius 2 is 1.76 bits per heavy atom. The normalized spacial score (nSPS) is 9.95. The third kappa shape index (κ3) is 4.14. The van der Waals surface area contributed by atoms with E-state index in [1.807, 2.05) is 24.3 Å². The summed E-state index contributed by atoms with van der Waals surface area (Å²) < 4.78 is 10.7. The molecule has 5 nitrogen and oxygen atoms in total. The molecule has 2 aromatic carbocycles. The summed E-state index contributed by atoms with van der Waals surface area (Å²) in [5.74, 6) is 1.07. The van der Waals surface area contributed by atoms with E-state index >= 15 is 0 Å². The van der Waals surface area contributed by atoms with Crippen molar-refractivity contribution < 1.29 is 14.3 Å². The summed E-state index contributed by atoms with van der Waals surface area (Å²) in [7, 11) is 1.56. The van der Waals surface area contributed by atoms with Gasteiger partial charge < -0.3 is 20.5 Å². The van der Waals surface area contributed by atoms with Gasteiger partial charge in [-0.2, -0.15) is 0 Å².